The van der Waals surface area contributed by atoms with E-state index in [0.29, 0.717) is 12.2 Å². The van der Waals surface area contributed by atoms with Crippen LogP contribution in [0.15, 0.2) is 54.6 Å². The molecule has 0 aliphatic heterocycles. The smallest absolute Gasteiger partial charge is 0.321 e. The van der Waals surface area contributed by atoms with Crippen molar-refractivity contribution in [3.63, 3.8) is 0 Å². The summed E-state index contributed by atoms with van der Waals surface area (Å²) in [4.78, 5) is 14.0. The maximum absolute atomic E-state index is 13.6. The number of carbonyl (C=O) groups is 1. The zero-order chi connectivity index (χ0) is 20.1. The molecule has 0 spiro atoms. The Kier molecular flexibility index (Phi) is 5.93. The molecule has 6 nitrogen and oxygen atoms in total. The number of para-hydroxylation sites is 3. The van der Waals surface area contributed by atoms with Gasteiger partial charge in [-0.2, -0.15) is 5.10 Å². The molecule has 1 N–H and O–H groups in total. The topological polar surface area (TPSA) is 59.4 Å². The summed E-state index contributed by atoms with van der Waals surface area (Å²) >= 11 is 0. The van der Waals surface area contributed by atoms with Crippen LogP contribution in [0.2, 0.25) is 0 Å². The van der Waals surface area contributed by atoms with Gasteiger partial charge in [0.2, 0.25) is 0 Å². The van der Waals surface area contributed by atoms with Crippen LogP contribution in [-0.2, 0) is 0 Å². The lowest BCUT2D eigenvalue weighted by atomic mass is 10.2. The van der Waals surface area contributed by atoms with Crippen LogP contribution in [-0.4, -0.2) is 40.9 Å². The number of anilines is 1. The summed E-state index contributed by atoms with van der Waals surface area (Å²) in [5.41, 5.74) is 3.32. The van der Waals surface area contributed by atoms with E-state index in [1.54, 1.807) is 29.9 Å². The number of urea groups is 1. The van der Waals surface area contributed by atoms with E-state index < -0.39 is 5.82 Å². The molecule has 1 heterocycles. The third-order valence-corrected chi connectivity index (χ3v) is 4.25. The highest BCUT2D eigenvalue weighted by atomic mass is 19.1. The van der Waals surface area contributed by atoms with Gasteiger partial charge < -0.3 is 15.0 Å². The van der Waals surface area contributed by atoms with Crippen LogP contribution in [0, 0.1) is 19.7 Å². The van der Waals surface area contributed by atoms with Crippen LogP contribution < -0.4 is 10.1 Å². The number of rotatable bonds is 6. The normalized spacial score (nSPS) is 10.6. The van der Waals surface area contributed by atoms with Crippen molar-refractivity contribution in [2.75, 3.05) is 25.5 Å². The summed E-state index contributed by atoms with van der Waals surface area (Å²) < 4.78 is 20.8. The lowest BCUT2D eigenvalue weighted by Crippen LogP contribution is -2.34. The number of nitrogens with zero attached hydrogens (tertiary/aromatic N) is 3. The Labute approximate surface area is 163 Å². The predicted molar refractivity (Wildman–Crippen MR) is 107 cm³/mol. The molecule has 0 aliphatic carbocycles. The van der Waals surface area contributed by atoms with Crippen molar-refractivity contribution >= 4 is 11.7 Å². The fourth-order valence-corrected chi connectivity index (χ4v) is 2.80. The van der Waals surface area contributed by atoms with Crippen molar-refractivity contribution in [3.05, 3.63) is 71.8 Å². The molecule has 0 fully saturated rings. The maximum Gasteiger partial charge on any atom is 0.321 e. The molecule has 0 radical (unpaired) electrons. The van der Waals surface area contributed by atoms with Gasteiger partial charge in [0.05, 0.1) is 23.6 Å². The first kappa shape index (κ1) is 19.4. The van der Waals surface area contributed by atoms with Gasteiger partial charge in [0.25, 0.3) is 0 Å². The first-order chi connectivity index (χ1) is 13.5. The number of ether oxygens (including phenoxy) is 1. The first-order valence-corrected chi connectivity index (χ1v) is 8.98. The van der Waals surface area contributed by atoms with Crippen molar-refractivity contribution < 1.29 is 13.9 Å². The second-order valence-electron chi connectivity index (χ2n) is 6.49. The van der Waals surface area contributed by atoms with Gasteiger partial charge in [0, 0.05) is 12.7 Å². The van der Waals surface area contributed by atoms with E-state index in [1.807, 2.05) is 44.2 Å². The molecule has 2 aromatic carbocycles. The Bertz CT molecular complexity index is 971. The first-order valence-electron chi connectivity index (χ1n) is 8.98. The molecule has 0 saturated carbocycles. The highest BCUT2D eigenvalue weighted by Gasteiger charge is 2.14. The molecule has 146 valence electrons. The summed E-state index contributed by atoms with van der Waals surface area (Å²) in [5.74, 6) is -0.250. The number of aromatic nitrogens is 2. The average Bonchev–Trinajstić information content (AvgIpc) is 3.01. The van der Waals surface area contributed by atoms with Gasteiger partial charge in [-0.1, -0.05) is 24.3 Å². The van der Waals surface area contributed by atoms with Gasteiger partial charge in [-0.25, -0.2) is 13.9 Å². The summed E-state index contributed by atoms with van der Waals surface area (Å²) in [5, 5.41) is 7.38. The van der Waals surface area contributed by atoms with Crippen molar-refractivity contribution in [3.8, 4) is 11.4 Å². The molecule has 0 aliphatic rings. The number of carbonyl (C=O) groups excluding carboxylic acids is 1. The van der Waals surface area contributed by atoms with E-state index in [2.05, 4.69) is 10.4 Å². The van der Waals surface area contributed by atoms with Crippen LogP contribution in [0.5, 0.6) is 5.75 Å². The number of hydrogen-bond donors (Lipinski definition) is 1. The van der Waals surface area contributed by atoms with E-state index in [4.69, 9.17) is 4.74 Å². The van der Waals surface area contributed by atoms with Crippen LogP contribution in [0.3, 0.4) is 0 Å². The number of benzene rings is 2. The molecule has 28 heavy (non-hydrogen) atoms. The van der Waals surface area contributed by atoms with Gasteiger partial charge in [-0.05, 0) is 44.2 Å². The van der Waals surface area contributed by atoms with Gasteiger partial charge in [0.15, 0.2) is 11.6 Å². The van der Waals surface area contributed by atoms with E-state index in [0.717, 1.165) is 17.1 Å². The molecular weight excluding hydrogens is 359 g/mol. The van der Waals surface area contributed by atoms with Crippen molar-refractivity contribution in [1.82, 2.24) is 14.7 Å². The molecule has 7 heteroatoms. The molecule has 0 saturated heterocycles. The minimum absolute atomic E-state index is 0.172. The van der Waals surface area contributed by atoms with E-state index in [-0.39, 0.29) is 18.4 Å². The molecule has 2 amide bonds. The Hall–Kier alpha value is -3.35. The number of hydrogen-bond acceptors (Lipinski definition) is 3. The predicted octanol–water partition coefficient (Wildman–Crippen LogP) is 4.17. The van der Waals surface area contributed by atoms with Crippen LogP contribution >= 0.6 is 0 Å². The number of amides is 2. The fourth-order valence-electron chi connectivity index (χ4n) is 2.80. The third-order valence-electron chi connectivity index (χ3n) is 4.25. The zero-order valence-electron chi connectivity index (χ0n) is 16.1. The minimum atomic E-state index is -0.423. The van der Waals surface area contributed by atoms with Crippen LogP contribution in [0.4, 0.5) is 14.9 Å². The Morgan fingerprint density at radius 1 is 1.18 bits per heavy atom. The number of aryl methyl sites for hydroxylation is 2. The van der Waals surface area contributed by atoms with Crippen LogP contribution in [0.25, 0.3) is 5.69 Å². The van der Waals surface area contributed by atoms with Gasteiger partial charge in [0.1, 0.15) is 6.61 Å². The molecule has 0 atom stereocenters. The fraction of sp³-hybridized carbons (Fsp3) is 0.238. The van der Waals surface area contributed by atoms with E-state index in [9.17, 15) is 9.18 Å². The molecule has 1 aromatic heterocycles. The molecule has 0 unspecified atom stereocenters. The zero-order valence-corrected chi connectivity index (χ0v) is 16.1. The summed E-state index contributed by atoms with van der Waals surface area (Å²) in [6.07, 6.45) is 0. The van der Waals surface area contributed by atoms with E-state index >= 15 is 0 Å². The van der Waals surface area contributed by atoms with Gasteiger partial charge >= 0.3 is 6.03 Å². The minimum Gasteiger partial charge on any atom is -0.489 e. The largest absolute Gasteiger partial charge is 0.489 e. The summed E-state index contributed by atoms with van der Waals surface area (Å²) in [7, 11) is 1.66. The van der Waals surface area contributed by atoms with Gasteiger partial charge in [-0.15, -0.1) is 0 Å². The Morgan fingerprint density at radius 2 is 1.89 bits per heavy atom. The maximum atomic E-state index is 13.6. The van der Waals surface area contributed by atoms with Gasteiger partial charge in [-0.3, -0.25) is 0 Å². The number of nitrogens with one attached hydrogen (secondary N) is 1. The molecule has 0 bridgehead atoms. The lowest BCUT2D eigenvalue weighted by Gasteiger charge is -2.20. The van der Waals surface area contributed by atoms with Crippen molar-refractivity contribution in [2.45, 2.75) is 13.8 Å². The second-order valence-corrected chi connectivity index (χ2v) is 6.49. The Morgan fingerprint density at radius 3 is 2.61 bits per heavy atom. The summed E-state index contributed by atoms with van der Waals surface area (Å²) in [6, 6.07) is 15.4. The highest BCUT2D eigenvalue weighted by molar-refractivity contribution is 5.91. The van der Waals surface area contributed by atoms with Crippen LogP contribution in [0.1, 0.15) is 11.4 Å². The van der Waals surface area contributed by atoms with Crippen molar-refractivity contribution in [1.29, 1.82) is 0 Å². The number of halogens is 1. The second kappa shape index (κ2) is 8.56. The average molecular weight is 382 g/mol. The quantitative estimate of drug-likeness (QED) is 0.696. The number of likely N-dealkylation sites (N-methyl/N-ethyl adjacent to an activating group) is 1. The monoisotopic (exact) mass is 382 g/mol. The molecular formula is C21H23FN4O2. The Balaban J connectivity index is 1.63. The molecule has 3 aromatic rings. The van der Waals surface area contributed by atoms with Crippen molar-refractivity contribution in [2.24, 2.45) is 0 Å². The lowest BCUT2D eigenvalue weighted by molar-refractivity contribution is 0.206. The third kappa shape index (κ3) is 4.49. The van der Waals surface area contributed by atoms with E-state index in [1.165, 1.54) is 11.0 Å². The highest BCUT2D eigenvalue weighted by Crippen LogP contribution is 2.22. The SMILES string of the molecule is Cc1cc(C)n(-c2ccccc2NC(=O)N(C)CCOc2ccccc2F)n1. The summed E-state index contributed by atoms with van der Waals surface area (Å²) in [6.45, 7) is 4.38. The standard InChI is InChI=1S/C21H23FN4O2/c1-15-14-16(2)26(24-15)19-10-6-5-9-18(19)23-21(27)25(3)12-13-28-20-11-7-4-8-17(20)22/h4-11,14H,12-13H2,1-3H3,(H,23,27). The molecule has 3 rings (SSSR count).